The van der Waals surface area contributed by atoms with Gasteiger partial charge in [-0.25, -0.2) is 4.39 Å². The van der Waals surface area contributed by atoms with Crippen LogP contribution in [0, 0.1) is 5.82 Å². The zero-order valence-electron chi connectivity index (χ0n) is 18.7. The summed E-state index contributed by atoms with van der Waals surface area (Å²) in [6.07, 6.45) is 0. The average molecular weight is 456 g/mol. The van der Waals surface area contributed by atoms with Gasteiger partial charge in [0.1, 0.15) is 24.2 Å². The van der Waals surface area contributed by atoms with Crippen molar-refractivity contribution >= 4 is 5.97 Å². The summed E-state index contributed by atoms with van der Waals surface area (Å²) in [7, 11) is 0. The van der Waals surface area contributed by atoms with Gasteiger partial charge in [-0.3, -0.25) is 9.69 Å². The Labute approximate surface area is 198 Å². The third-order valence-corrected chi connectivity index (χ3v) is 5.55. The molecule has 0 bridgehead atoms. The molecular formula is C29H26FNO3. The minimum atomic E-state index is -0.953. The SMILES string of the molecule is O=C(O)[C@@H](c1ccccc1)N(Cc1ccc(OCc2ccccc2)cc1)Cc1cccc(F)c1. The average Bonchev–Trinajstić information content (AvgIpc) is 2.85. The van der Waals surface area contributed by atoms with Gasteiger partial charge in [-0.2, -0.15) is 0 Å². The van der Waals surface area contributed by atoms with Gasteiger partial charge in [-0.05, 0) is 46.5 Å². The van der Waals surface area contributed by atoms with Crippen LogP contribution in [0.4, 0.5) is 4.39 Å². The topological polar surface area (TPSA) is 49.8 Å². The van der Waals surface area contributed by atoms with Gasteiger partial charge >= 0.3 is 5.97 Å². The molecular weight excluding hydrogens is 429 g/mol. The lowest BCUT2D eigenvalue weighted by Gasteiger charge is -2.29. The van der Waals surface area contributed by atoms with E-state index in [-0.39, 0.29) is 12.4 Å². The minimum absolute atomic E-state index is 0.288. The normalized spacial score (nSPS) is 11.8. The maximum atomic E-state index is 13.8. The number of aliphatic carboxylic acids is 1. The Morgan fingerprint density at radius 2 is 1.38 bits per heavy atom. The van der Waals surface area contributed by atoms with Crippen LogP contribution < -0.4 is 4.74 Å². The molecule has 172 valence electrons. The van der Waals surface area contributed by atoms with Crippen LogP contribution in [0.25, 0.3) is 0 Å². The summed E-state index contributed by atoms with van der Waals surface area (Å²) in [5.41, 5.74) is 3.41. The highest BCUT2D eigenvalue weighted by Crippen LogP contribution is 2.26. The number of carboxylic acid groups (broad SMARTS) is 1. The Morgan fingerprint density at radius 1 is 0.765 bits per heavy atom. The molecule has 1 N–H and O–H groups in total. The van der Waals surface area contributed by atoms with Gasteiger partial charge < -0.3 is 9.84 Å². The third-order valence-electron chi connectivity index (χ3n) is 5.55. The molecule has 4 aromatic rings. The van der Waals surface area contributed by atoms with Crippen molar-refractivity contribution in [1.82, 2.24) is 4.90 Å². The number of hydrogen-bond donors (Lipinski definition) is 1. The van der Waals surface area contributed by atoms with Crippen LogP contribution in [0.15, 0.2) is 109 Å². The number of carbonyl (C=O) groups is 1. The highest BCUT2D eigenvalue weighted by molar-refractivity contribution is 5.75. The molecule has 0 radical (unpaired) electrons. The first kappa shape index (κ1) is 23.2. The van der Waals surface area contributed by atoms with Crippen LogP contribution in [0.3, 0.4) is 0 Å². The molecule has 0 aliphatic carbocycles. The maximum Gasteiger partial charge on any atom is 0.325 e. The summed E-state index contributed by atoms with van der Waals surface area (Å²) in [4.78, 5) is 14.2. The van der Waals surface area contributed by atoms with Crippen LogP contribution in [-0.4, -0.2) is 16.0 Å². The van der Waals surface area contributed by atoms with Crippen LogP contribution >= 0.6 is 0 Å². The number of benzene rings is 4. The molecule has 0 fully saturated rings. The number of nitrogens with zero attached hydrogens (tertiary/aromatic N) is 1. The van der Waals surface area contributed by atoms with Crippen molar-refractivity contribution in [2.24, 2.45) is 0 Å². The number of rotatable bonds is 10. The first-order valence-corrected chi connectivity index (χ1v) is 11.1. The molecule has 1 atom stereocenters. The zero-order chi connectivity index (χ0) is 23.8. The van der Waals surface area contributed by atoms with Gasteiger partial charge in [-0.1, -0.05) is 84.9 Å². The third kappa shape index (κ3) is 6.30. The van der Waals surface area contributed by atoms with E-state index < -0.39 is 12.0 Å². The largest absolute Gasteiger partial charge is 0.489 e. The smallest absolute Gasteiger partial charge is 0.325 e. The molecule has 0 aliphatic rings. The lowest BCUT2D eigenvalue weighted by Crippen LogP contribution is -2.33. The van der Waals surface area contributed by atoms with Crippen molar-refractivity contribution in [3.8, 4) is 5.75 Å². The molecule has 4 rings (SSSR count). The van der Waals surface area contributed by atoms with Gasteiger partial charge in [0.25, 0.3) is 0 Å². The maximum absolute atomic E-state index is 13.8. The standard InChI is InChI=1S/C29H26FNO3/c30-26-13-7-10-24(18-26)20-31(28(29(32)33)25-11-5-2-6-12-25)19-22-14-16-27(17-15-22)34-21-23-8-3-1-4-9-23/h1-18,28H,19-21H2,(H,32,33)/t28-/m1/s1. The molecule has 5 heteroatoms. The van der Waals surface area contributed by atoms with Crippen molar-refractivity contribution in [2.75, 3.05) is 0 Å². The summed E-state index contributed by atoms with van der Waals surface area (Å²) >= 11 is 0. The fourth-order valence-electron chi connectivity index (χ4n) is 3.92. The molecule has 0 saturated heterocycles. The summed E-state index contributed by atoms with van der Waals surface area (Å²) in [6, 6.07) is 32.1. The summed E-state index contributed by atoms with van der Waals surface area (Å²) < 4.78 is 19.7. The molecule has 34 heavy (non-hydrogen) atoms. The van der Waals surface area contributed by atoms with E-state index in [1.165, 1.54) is 12.1 Å². The molecule has 0 heterocycles. The van der Waals surface area contributed by atoms with E-state index in [2.05, 4.69) is 0 Å². The molecule has 0 amide bonds. The molecule has 0 saturated carbocycles. The lowest BCUT2D eigenvalue weighted by atomic mass is 10.0. The molecule has 0 aromatic heterocycles. The quantitative estimate of drug-likeness (QED) is 0.308. The first-order valence-electron chi connectivity index (χ1n) is 11.1. The molecule has 0 spiro atoms. The van der Waals surface area contributed by atoms with Crippen molar-refractivity contribution in [3.05, 3.63) is 137 Å². The highest BCUT2D eigenvalue weighted by atomic mass is 19.1. The van der Waals surface area contributed by atoms with E-state index in [0.717, 1.165) is 16.9 Å². The van der Waals surface area contributed by atoms with Gasteiger partial charge in [0.15, 0.2) is 0 Å². The number of halogens is 1. The summed E-state index contributed by atoms with van der Waals surface area (Å²) in [5, 5.41) is 10.1. The molecule has 4 nitrogen and oxygen atoms in total. The fraction of sp³-hybridized carbons (Fsp3) is 0.138. The Kier molecular flexibility index (Phi) is 7.68. The second kappa shape index (κ2) is 11.3. The Morgan fingerprint density at radius 3 is 2.03 bits per heavy atom. The van der Waals surface area contributed by atoms with E-state index in [4.69, 9.17) is 4.74 Å². The second-order valence-corrected chi connectivity index (χ2v) is 8.10. The Balaban J connectivity index is 1.54. The van der Waals surface area contributed by atoms with Gasteiger partial charge in [-0.15, -0.1) is 0 Å². The van der Waals surface area contributed by atoms with Crippen LogP contribution in [0.5, 0.6) is 5.75 Å². The number of ether oxygens (including phenoxy) is 1. The molecule has 0 aliphatic heterocycles. The van der Waals surface area contributed by atoms with Gasteiger partial charge in [0.2, 0.25) is 0 Å². The summed E-state index contributed by atoms with van der Waals surface area (Å²) in [6.45, 7) is 1.14. The Bertz CT molecular complexity index is 1200. The highest BCUT2D eigenvalue weighted by Gasteiger charge is 2.27. The minimum Gasteiger partial charge on any atom is -0.489 e. The van der Waals surface area contributed by atoms with Crippen molar-refractivity contribution < 1.29 is 19.0 Å². The van der Waals surface area contributed by atoms with Crippen LogP contribution in [0.2, 0.25) is 0 Å². The van der Waals surface area contributed by atoms with Crippen LogP contribution in [0.1, 0.15) is 28.3 Å². The zero-order valence-corrected chi connectivity index (χ0v) is 18.7. The van der Waals surface area contributed by atoms with E-state index >= 15 is 0 Å². The first-order chi connectivity index (χ1) is 16.6. The summed E-state index contributed by atoms with van der Waals surface area (Å²) in [5.74, 6) is -0.559. The number of hydrogen-bond acceptors (Lipinski definition) is 3. The van der Waals surface area contributed by atoms with E-state index in [9.17, 15) is 14.3 Å². The van der Waals surface area contributed by atoms with E-state index in [0.29, 0.717) is 24.3 Å². The predicted molar refractivity (Wildman–Crippen MR) is 130 cm³/mol. The Hall–Kier alpha value is -3.96. The predicted octanol–water partition coefficient (Wildman–Crippen LogP) is 6.23. The van der Waals surface area contributed by atoms with Crippen LogP contribution in [-0.2, 0) is 24.5 Å². The van der Waals surface area contributed by atoms with Gasteiger partial charge in [0, 0.05) is 13.1 Å². The van der Waals surface area contributed by atoms with Gasteiger partial charge in [0.05, 0.1) is 0 Å². The second-order valence-electron chi connectivity index (χ2n) is 8.10. The fourth-order valence-corrected chi connectivity index (χ4v) is 3.92. The van der Waals surface area contributed by atoms with E-state index in [1.807, 2.05) is 77.7 Å². The number of carboxylic acids is 1. The lowest BCUT2D eigenvalue weighted by molar-refractivity contribution is -0.144. The van der Waals surface area contributed by atoms with E-state index in [1.54, 1.807) is 24.3 Å². The monoisotopic (exact) mass is 455 g/mol. The molecule has 0 unspecified atom stereocenters. The molecule has 4 aromatic carbocycles. The van der Waals surface area contributed by atoms with Crippen molar-refractivity contribution in [3.63, 3.8) is 0 Å². The van der Waals surface area contributed by atoms with Crippen molar-refractivity contribution in [2.45, 2.75) is 25.7 Å². The van der Waals surface area contributed by atoms with Crippen molar-refractivity contribution in [1.29, 1.82) is 0 Å².